The Morgan fingerprint density at radius 2 is 1.88 bits per heavy atom. The highest BCUT2D eigenvalue weighted by molar-refractivity contribution is 5.67. The number of ether oxygens (including phenoxy) is 1. The Bertz CT molecular complexity index is 541. The minimum absolute atomic E-state index is 0.190. The predicted octanol–water partition coefficient (Wildman–Crippen LogP) is 2.67. The van der Waals surface area contributed by atoms with E-state index in [-0.39, 0.29) is 5.82 Å². The van der Waals surface area contributed by atoms with E-state index >= 15 is 0 Å². The van der Waals surface area contributed by atoms with Crippen molar-refractivity contribution in [1.29, 1.82) is 0 Å². The summed E-state index contributed by atoms with van der Waals surface area (Å²) in [4.78, 5) is 14.2. The monoisotopic (exact) mass is 230 g/mol. The van der Waals surface area contributed by atoms with Crippen molar-refractivity contribution in [3.8, 4) is 17.0 Å². The van der Waals surface area contributed by atoms with E-state index in [0.29, 0.717) is 11.4 Å². The fraction of sp³-hybridized carbons (Fsp3) is 0.0833. The molecule has 0 aliphatic rings. The quantitative estimate of drug-likeness (QED) is 0.600. The van der Waals surface area contributed by atoms with Gasteiger partial charge in [0.05, 0.1) is 7.11 Å². The Balaban J connectivity index is 2.58. The van der Waals surface area contributed by atoms with E-state index < -0.39 is 4.92 Å². The number of rotatable bonds is 3. The van der Waals surface area contributed by atoms with Gasteiger partial charge in [0.15, 0.2) is 5.75 Å². The maximum absolute atomic E-state index is 10.7. The summed E-state index contributed by atoms with van der Waals surface area (Å²) in [6, 6.07) is 12.1. The first kappa shape index (κ1) is 11.1. The molecule has 0 aliphatic heterocycles. The van der Waals surface area contributed by atoms with Crippen molar-refractivity contribution in [3.05, 3.63) is 52.6 Å². The first-order chi connectivity index (χ1) is 8.22. The Hall–Kier alpha value is -2.43. The molecule has 2 rings (SSSR count). The van der Waals surface area contributed by atoms with Gasteiger partial charge in [0.25, 0.3) is 0 Å². The van der Waals surface area contributed by atoms with Crippen molar-refractivity contribution < 1.29 is 9.66 Å². The van der Waals surface area contributed by atoms with Crippen molar-refractivity contribution in [2.75, 3.05) is 7.11 Å². The van der Waals surface area contributed by atoms with E-state index in [4.69, 9.17) is 4.74 Å². The average molecular weight is 230 g/mol. The molecule has 0 bridgehead atoms. The molecule has 0 saturated heterocycles. The van der Waals surface area contributed by atoms with Crippen LogP contribution in [0.1, 0.15) is 0 Å². The van der Waals surface area contributed by atoms with Gasteiger partial charge in [-0.15, -0.1) is 0 Å². The first-order valence-corrected chi connectivity index (χ1v) is 4.97. The third kappa shape index (κ3) is 2.23. The largest absolute Gasteiger partial charge is 0.492 e. The summed E-state index contributed by atoms with van der Waals surface area (Å²) < 4.78 is 5.15. The number of pyridine rings is 1. The Morgan fingerprint density at radius 3 is 2.47 bits per heavy atom. The average Bonchev–Trinajstić information content (AvgIpc) is 2.39. The van der Waals surface area contributed by atoms with Crippen molar-refractivity contribution in [2.24, 2.45) is 0 Å². The molecule has 1 aromatic heterocycles. The highest BCUT2D eigenvalue weighted by Gasteiger charge is 2.17. The Labute approximate surface area is 97.8 Å². The van der Waals surface area contributed by atoms with E-state index in [0.717, 1.165) is 5.56 Å². The van der Waals surface area contributed by atoms with Crippen molar-refractivity contribution in [2.45, 2.75) is 0 Å². The zero-order chi connectivity index (χ0) is 12.3. The first-order valence-electron chi connectivity index (χ1n) is 4.97. The standard InChI is InChI=1S/C12H10N2O3/c1-17-10-7-8-11(14(15)16)13-12(10)9-5-3-2-4-6-9/h2-8H,1H3. The zero-order valence-corrected chi connectivity index (χ0v) is 9.16. The molecule has 0 N–H and O–H groups in total. The number of hydrogen-bond acceptors (Lipinski definition) is 4. The molecule has 0 fully saturated rings. The lowest BCUT2D eigenvalue weighted by molar-refractivity contribution is -0.389. The van der Waals surface area contributed by atoms with Gasteiger partial charge in [-0.1, -0.05) is 30.3 Å². The molecule has 0 radical (unpaired) electrons. The molecule has 5 nitrogen and oxygen atoms in total. The summed E-state index contributed by atoms with van der Waals surface area (Å²) in [6.07, 6.45) is 0. The lowest BCUT2D eigenvalue weighted by Crippen LogP contribution is -1.96. The molecule has 86 valence electrons. The van der Waals surface area contributed by atoms with Crippen LogP contribution < -0.4 is 4.74 Å². The van der Waals surface area contributed by atoms with E-state index in [1.165, 1.54) is 13.2 Å². The minimum atomic E-state index is -0.522. The lowest BCUT2D eigenvalue weighted by atomic mass is 10.1. The molecular formula is C12H10N2O3. The Kier molecular flexibility index (Phi) is 3.00. The second kappa shape index (κ2) is 4.61. The van der Waals surface area contributed by atoms with Crippen LogP contribution in [0, 0.1) is 10.1 Å². The molecule has 1 aromatic carbocycles. The summed E-state index contributed by atoms with van der Waals surface area (Å²) in [5, 5.41) is 10.7. The molecule has 0 spiro atoms. The normalized spacial score (nSPS) is 9.94. The molecule has 0 atom stereocenters. The minimum Gasteiger partial charge on any atom is -0.492 e. The number of hydrogen-bond donors (Lipinski definition) is 0. The zero-order valence-electron chi connectivity index (χ0n) is 9.16. The van der Waals surface area contributed by atoms with Crippen LogP contribution in [0.2, 0.25) is 0 Å². The molecule has 0 amide bonds. The third-order valence-electron chi connectivity index (χ3n) is 2.30. The predicted molar refractivity (Wildman–Crippen MR) is 62.9 cm³/mol. The summed E-state index contributed by atoms with van der Waals surface area (Å²) in [7, 11) is 1.51. The SMILES string of the molecule is COc1ccc([N+](=O)[O-])nc1-c1ccccc1. The summed E-state index contributed by atoms with van der Waals surface area (Å²) in [5.74, 6) is 0.325. The molecule has 0 aliphatic carbocycles. The molecule has 2 aromatic rings. The van der Waals surface area contributed by atoms with E-state index in [9.17, 15) is 10.1 Å². The summed E-state index contributed by atoms with van der Waals surface area (Å²) >= 11 is 0. The van der Waals surface area contributed by atoms with E-state index in [2.05, 4.69) is 4.98 Å². The van der Waals surface area contributed by atoms with Crippen LogP contribution in [0.5, 0.6) is 5.75 Å². The van der Waals surface area contributed by atoms with Crippen LogP contribution in [-0.4, -0.2) is 17.0 Å². The highest BCUT2D eigenvalue weighted by Crippen LogP contribution is 2.29. The van der Waals surface area contributed by atoms with Crippen LogP contribution in [0.25, 0.3) is 11.3 Å². The molecule has 1 heterocycles. The fourth-order valence-electron chi connectivity index (χ4n) is 1.51. The maximum Gasteiger partial charge on any atom is 0.364 e. The van der Waals surface area contributed by atoms with Crippen molar-refractivity contribution in [3.63, 3.8) is 0 Å². The van der Waals surface area contributed by atoms with Crippen LogP contribution in [0.15, 0.2) is 42.5 Å². The topological polar surface area (TPSA) is 65.3 Å². The lowest BCUT2D eigenvalue weighted by Gasteiger charge is -2.03. The van der Waals surface area contributed by atoms with Crippen LogP contribution in [0.4, 0.5) is 5.82 Å². The van der Waals surface area contributed by atoms with Crippen molar-refractivity contribution >= 4 is 5.82 Å². The number of benzene rings is 1. The van der Waals surface area contributed by atoms with Gasteiger partial charge in [-0.3, -0.25) is 0 Å². The molecule has 17 heavy (non-hydrogen) atoms. The molecule has 0 unspecified atom stereocenters. The number of nitrogens with zero attached hydrogens (tertiary/aromatic N) is 2. The fourth-order valence-corrected chi connectivity index (χ4v) is 1.51. The maximum atomic E-state index is 10.7. The van der Waals surface area contributed by atoms with Crippen LogP contribution >= 0.6 is 0 Å². The van der Waals surface area contributed by atoms with Crippen molar-refractivity contribution in [1.82, 2.24) is 4.98 Å². The summed E-state index contributed by atoms with van der Waals surface area (Å²) in [6.45, 7) is 0. The highest BCUT2D eigenvalue weighted by atomic mass is 16.6. The van der Waals surface area contributed by atoms with Crippen LogP contribution in [-0.2, 0) is 0 Å². The van der Waals surface area contributed by atoms with Gasteiger partial charge in [0.2, 0.25) is 5.69 Å². The second-order valence-corrected chi connectivity index (χ2v) is 3.34. The van der Waals surface area contributed by atoms with Gasteiger partial charge in [-0.05, 0) is 16.0 Å². The molecule has 5 heteroatoms. The van der Waals surface area contributed by atoms with E-state index in [1.54, 1.807) is 6.07 Å². The number of nitro groups is 1. The van der Waals surface area contributed by atoms with Gasteiger partial charge >= 0.3 is 5.82 Å². The van der Waals surface area contributed by atoms with Crippen LogP contribution in [0.3, 0.4) is 0 Å². The molecule has 0 saturated carbocycles. The summed E-state index contributed by atoms with van der Waals surface area (Å²) in [5.41, 5.74) is 1.26. The van der Waals surface area contributed by atoms with Gasteiger partial charge in [0, 0.05) is 11.6 Å². The molecular weight excluding hydrogens is 220 g/mol. The smallest absolute Gasteiger partial charge is 0.364 e. The number of aromatic nitrogens is 1. The van der Waals surface area contributed by atoms with Gasteiger partial charge in [-0.2, -0.15) is 0 Å². The van der Waals surface area contributed by atoms with E-state index in [1.807, 2.05) is 30.3 Å². The van der Waals surface area contributed by atoms with Gasteiger partial charge in [-0.25, -0.2) is 0 Å². The number of methoxy groups -OCH3 is 1. The third-order valence-corrected chi connectivity index (χ3v) is 2.30. The van der Waals surface area contributed by atoms with Gasteiger partial charge < -0.3 is 14.9 Å². The second-order valence-electron chi connectivity index (χ2n) is 3.34. The van der Waals surface area contributed by atoms with Gasteiger partial charge in [0.1, 0.15) is 0 Å². The Morgan fingerprint density at radius 1 is 1.18 bits per heavy atom.